The van der Waals surface area contributed by atoms with Crippen LogP contribution >= 0.6 is 0 Å². The highest BCUT2D eigenvalue weighted by atomic mass is 15.1. The van der Waals surface area contributed by atoms with Crippen molar-refractivity contribution in [3.8, 4) is 56.9 Å². The molecule has 16 aromatic rings. The van der Waals surface area contributed by atoms with Gasteiger partial charge in [0.05, 0.1) is 44.1 Å². The standard InChI is InChI=1S/C69H43N7/c1-6-22-44(23-7-1)67-70-68(45-24-8-2-9-25-45)72-69(71-67)55-43-61-64(53-34-18-20-36-57(53)74(61)47-28-12-4-13-29-47)66-62(55)51-32-16-21-37-58(51)76(66)49-38-40-59-54(42-49)50-39-41-60-63(65(50)75(59)48-30-14-5-15-31-48)52-33-17-19-35-56(52)73(60)46-26-10-3-11-27-46/h1-43H. The number of rotatable bonds is 7. The summed E-state index contributed by atoms with van der Waals surface area (Å²) >= 11 is 0. The van der Waals surface area contributed by atoms with Crippen LogP contribution in [0.3, 0.4) is 0 Å². The van der Waals surface area contributed by atoms with Gasteiger partial charge in [0.25, 0.3) is 0 Å². The van der Waals surface area contributed by atoms with Crippen molar-refractivity contribution >= 4 is 87.2 Å². The van der Waals surface area contributed by atoms with Crippen LogP contribution in [0.1, 0.15) is 0 Å². The van der Waals surface area contributed by atoms with E-state index < -0.39 is 0 Å². The zero-order chi connectivity index (χ0) is 49.8. The Morgan fingerprint density at radius 3 is 1.17 bits per heavy atom. The molecule has 76 heavy (non-hydrogen) atoms. The Hall–Kier alpha value is -10.4. The molecule has 0 bridgehead atoms. The third-order valence-electron chi connectivity index (χ3n) is 15.4. The molecule has 0 fully saturated rings. The van der Waals surface area contributed by atoms with E-state index in [9.17, 15) is 0 Å². The minimum atomic E-state index is 0.604. The van der Waals surface area contributed by atoms with Crippen molar-refractivity contribution in [1.82, 2.24) is 33.2 Å². The summed E-state index contributed by atoms with van der Waals surface area (Å²) in [6.45, 7) is 0. The molecule has 0 N–H and O–H groups in total. The minimum absolute atomic E-state index is 0.604. The summed E-state index contributed by atoms with van der Waals surface area (Å²) in [5.41, 5.74) is 16.1. The van der Waals surface area contributed by atoms with Gasteiger partial charge >= 0.3 is 0 Å². The number of nitrogens with zero attached hydrogens (tertiary/aromatic N) is 7. The van der Waals surface area contributed by atoms with E-state index >= 15 is 0 Å². The van der Waals surface area contributed by atoms with E-state index in [1.54, 1.807) is 0 Å². The second-order valence-electron chi connectivity index (χ2n) is 19.5. The summed E-state index contributed by atoms with van der Waals surface area (Å²) < 4.78 is 9.79. The molecule has 0 atom stereocenters. The maximum absolute atomic E-state index is 5.43. The normalized spacial score (nSPS) is 11.9. The fourth-order valence-electron chi connectivity index (χ4n) is 12.2. The molecule has 0 aliphatic heterocycles. The average molecular weight is 970 g/mol. The second-order valence-corrected chi connectivity index (χ2v) is 19.5. The molecule has 7 heteroatoms. The third kappa shape index (κ3) is 6.20. The van der Waals surface area contributed by atoms with Gasteiger partial charge in [0.1, 0.15) is 0 Å². The van der Waals surface area contributed by atoms with Gasteiger partial charge in [0.15, 0.2) is 17.5 Å². The van der Waals surface area contributed by atoms with Crippen molar-refractivity contribution in [2.24, 2.45) is 0 Å². The lowest BCUT2D eigenvalue weighted by Crippen LogP contribution is -2.01. The predicted octanol–water partition coefficient (Wildman–Crippen LogP) is 17.3. The van der Waals surface area contributed by atoms with Gasteiger partial charge in [-0.05, 0) is 84.9 Å². The Balaban J connectivity index is 1.06. The van der Waals surface area contributed by atoms with Crippen molar-refractivity contribution in [2.45, 2.75) is 0 Å². The average Bonchev–Trinajstić information content (AvgIpc) is 4.42. The van der Waals surface area contributed by atoms with Crippen LogP contribution in [-0.4, -0.2) is 33.2 Å². The predicted molar refractivity (Wildman–Crippen MR) is 313 cm³/mol. The van der Waals surface area contributed by atoms with Gasteiger partial charge in [0.2, 0.25) is 0 Å². The first-order chi connectivity index (χ1) is 37.7. The molecule has 0 aliphatic rings. The molecule has 0 radical (unpaired) electrons. The summed E-state index contributed by atoms with van der Waals surface area (Å²) in [4.78, 5) is 16.0. The molecule has 0 spiro atoms. The first-order valence-corrected chi connectivity index (χ1v) is 25.8. The summed E-state index contributed by atoms with van der Waals surface area (Å²) in [6.07, 6.45) is 0. The molecule has 0 aliphatic carbocycles. The molecular weight excluding hydrogens is 927 g/mol. The van der Waals surface area contributed by atoms with Crippen molar-refractivity contribution in [1.29, 1.82) is 0 Å². The topological polar surface area (TPSA) is 58.4 Å². The monoisotopic (exact) mass is 969 g/mol. The van der Waals surface area contributed by atoms with Crippen molar-refractivity contribution < 1.29 is 0 Å². The lowest BCUT2D eigenvalue weighted by Gasteiger charge is -2.14. The van der Waals surface area contributed by atoms with E-state index in [1.165, 1.54) is 27.2 Å². The van der Waals surface area contributed by atoms with Crippen LogP contribution in [0.15, 0.2) is 261 Å². The van der Waals surface area contributed by atoms with Gasteiger partial charge in [-0.15, -0.1) is 0 Å². The van der Waals surface area contributed by atoms with Crippen LogP contribution in [-0.2, 0) is 0 Å². The molecule has 16 rings (SSSR count). The Kier molecular flexibility index (Phi) is 9.20. The van der Waals surface area contributed by atoms with E-state index in [1.807, 2.05) is 36.4 Å². The number of fused-ring (bicyclic) bond motifs is 14. The van der Waals surface area contributed by atoms with Gasteiger partial charge in [-0.1, -0.05) is 176 Å². The Labute approximate surface area is 436 Å². The van der Waals surface area contributed by atoms with Crippen molar-refractivity contribution in [2.75, 3.05) is 0 Å². The van der Waals surface area contributed by atoms with Gasteiger partial charge in [0, 0.05) is 82.5 Å². The van der Waals surface area contributed by atoms with Crippen LogP contribution < -0.4 is 0 Å². The molecule has 0 saturated heterocycles. The van der Waals surface area contributed by atoms with E-state index in [-0.39, 0.29) is 0 Å². The highest BCUT2D eigenvalue weighted by Crippen LogP contribution is 2.48. The zero-order valence-electron chi connectivity index (χ0n) is 41.0. The fourth-order valence-corrected chi connectivity index (χ4v) is 12.2. The Bertz CT molecular complexity index is 4900. The molecular formula is C69H43N7. The molecule has 5 aromatic heterocycles. The number of hydrogen-bond acceptors (Lipinski definition) is 3. The van der Waals surface area contributed by atoms with Crippen molar-refractivity contribution in [3.63, 3.8) is 0 Å². The van der Waals surface area contributed by atoms with Crippen molar-refractivity contribution in [3.05, 3.63) is 261 Å². The summed E-state index contributed by atoms with van der Waals surface area (Å²) in [6, 6.07) is 93.3. The molecule has 11 aromatic carbocycles. The smallest absolute Gasteiger partial charge is 0.164 e. The van der Waals surface area contributed by atoms with Crippen LogP contribution in [0.5, 0.6) is 0 Å². The molecule has 0 unspecified atom stereocenters. The fraction of sp³-hybridized carbons (Fsp3) is 0. The maximum atomic E-state index is 5.43. The van der Waals surface area contributed by atoms with E-state index in [0.29, 0.717) is 17.5 Å². The quantitative estimate of drug-likeness (QED) is 0.160. The summed E-state index contributed by atoms with van der Waals surface area (Å²) in [5.74, 6) is 1.84. The van der Waals surface area contributed by atoms with Gasteiger partial charge < -0.3 is 18.3 Å². The highest BCUT2D eigenvalue weighted by molar-refractivity contribution is 6.30. The van der Waals surface area contributed by atoms with Crippen LogP contribution in [0, 0.1) is 0 Å². The van der Waals surface area contributed by atoms with E-state index in [2.05, 4.69) is 243 Å². The van der Waals surface area contributed by atoms with E-state index in [0.717, 1.165) is 99.5 Å². The maximum Gasteiger partial charge on any atom is 0.164 e. The SMILES string of the molecule is c1ccc(-c2nc(-c3ccccc3)nc(-c3cc4c(c5ccccc5n4-c4ccccc4)c4c3c3ccccc3n4-c3ccc4c(c3)c3ccc5c(c6ccccc6n5-c5ccccc5)c3n4-c3ccccc3)n2)cc1. The molecule has 7 nitrogen and oxygen atoms in total. The molecule has 0 amide bonds. The number of benzene rings is 11. The van der Waals surface area contributed by atoms with Gasteiger partial charge in [-0.2, -0.15) is 0 Å². The van der Waals surface area contributed by atoms with Crippen LogP contribution in [0.4, 0.5) is 0 Å². The highest BCUT2D eigenvalue weighted by Gasteiger charge is 2.27. The zero-order valence-corrected chi connectivity index (χ0v) is 41.0. The lowest BCUT2D eigenvalue weighted by atomic mass is 10.0. The Morgan fingerprint density at radius 2 is 0.618 bits per heavy atom. The number of aromatic nitrogens is 7. The van der Waals surface area contributed by atoms with Crippen LogP contribution in [0.2, 0.25) is 0 Å². The number of para-hydroxylation sites is 6. The summed E-state index contributed by atoms with van der Waals surface area (Å²) in [5, 5.41) is 9.27. The lowest BCUT2D eigenvalue weighted by molar-refractivity contribution is 1.08. The summed E-state index contributed by atoms with van der Waals surface area (Å²) in [7, 11) is 0. The first-order valence-electron chi connectivity index (χ1n) is 25.8. The van der Waals surface area contributed by atoms with Gasteiger partial charge in [-0.25, -0.2) is 15.0 Å². The van der Waals surface area contributed by atoms with E-state index in [4.69, 9.17) is 15.0 Å². The Morgan fingerprint density at radius 1 is 0.224 bits per heavy atom. The first kappa shape index (κ1) is 42.2. The largest absolute Gasteiger partial charge is 0.309 e. The minimum Gasteiger partial charge on any atom is -0.309 e. The molecule has 5 heterocycles. The second kappa shape index (κ2) is 16.6. The van der Waals surface area contributed by atoms with Gasteiger partial charge in [-0.3, -0.25) is 0 Å². The number of hydrogen-bond donors (Lipinski definition) is 0. The molecule has 354 valence electrons. The molecule has 0 saturated carbocycles. The van der Waals surface area contributed by atoms with Crippen LogP contribution in [0.25, 0.3) is 144 Å². The third-order valence-corrected chi connectivity index (χ3v) is 15.4.